The lowest BCUT2D eigenvalue weighted by atomic mass is 10.0. The van der Waals surface area contributed by atoms with Gasteiger partial charge < -0.3 is 19.8 Å². The molecule has 158 valence electrons. The van der Waals surface area contributed by atoms with Crippen molar-refractivity contribution in [1.82, 2.24) is 4.90 Å². The van der Waals surface area contributed by atoms with E-state index in [2.05, 4.69) is 4.90 Å². The Bertz CT molecular complexity index is 983. The maximum absolute atomic E-state index is 14.1. The maximum Gasteiger partial charge on any atom is 0.231 e. The molecule has 2 aliphatic rings. The maximum atomic E-state index is 14.1. The number of allylic oxidation sites excluding steroid dienone is 1. The number of halogens is 2. The fourth-order valence-electron chi connectivity index (χ4n) is 3.90. The molecule has 0 aliphatic carbocycles. The molecular weight excluding hydrogens is 411 g/mol. The van der Waals surface area contributed by atoms with Crippen LogP contribution < -0.4 is 14.7 Å². The third kappa shape index (κ3) is 4.06. The van der Waals surface area contributed by atoms with Crippen LogP contribution in [0.4, 0.5) is 4.39 Å². The first-order chi connectivity index (χ1) is 14.5. The molecule has 1 saturated heterocycles. The van der Waals surface area contributed by atoms with E-state index < -0.39 is 11.6 Å². The highest BCUT2D eigenvalue weighted by Gasteiger charge is 2.32. The van der Waals surface area contributed by atoms with E-state index in [4.69, 9.17) is 21.4 Å². The Kier molecular flexibility index (Phi) is 6.06. The molecule has 0 amide bonds. The van der Waals surface area contributed by atoms with Gasteiger partial charge >= 0.3 is 0 Å². The van der Waals surface area contributed by atoms with Crippen LogP contribution in [0, 0.1) is 5.82 Å². The van der Waals surface area contributed by atoms with Crippen LogP contribution in [0.3, 0.4) is 0 Å². The van der Waals surface area contributed by atoms with Crippen LogP contribution in [0.15, 0.2) is 36.1 Å². The molecule has 0 radical (unpaired) electrons. The minimum absolute atomic E-state index is 0.0494. The number of fused-ring (bicyclic) bond motifs is 1. The van der Waals surface area contributed by atoms with E-state index in [1.807, 2.05) is 0 Å². The van der Waals surface area contributed by atoms with Gasteiger partial charge in [-0.05, 0) is 24.3 Å². The highest BCUT2D eigenvalue weighted by Crippen LogP contribution is 2.38. The Balaban J connectivity index is 1.58. The monoisotopic (exact) mass is 432 g/mol. The van der Waals surface area contributed by atoms with Gasteiger partial charge in [0.05, 0.1) is 30.3 Å². The molecule has 4 rings (SSSR count). The number of hydrogen-bond acceptors (Lipinski definition) is 5. The van der Waals surface area contributed by atoms with Crippen molar-refractivity contribution in [2.75, 3.05) is 39.3 Å². The Morgan fingerprint density at radius 2 is 2.03 bits per heavy atom. The zero-order valence-electron chi connectivity index (χ0n) is 16.3. The van der Waals surface area contributed by atoms with E-state index >= 15 is 0 Å². The first-order valence-corrected chi connectivity index (χ1v) is 10.2. The van der Waals surface area contributed by atoms with Crippen molar-refractivity contribution in [3.05, 3.63) is 63.6 Å². The second kappa shape index (κ2) is 8.73. The Hall–Kier alpha value is -2.45. The number of benzene rings is 2. The predicted octanol–water partition coefficient (Wildman–Crippen LogP) is 0.862. The number of aliphatic hydroxyl groups is 1. The number of aliphatic hydroxyl groups excluding tert-OH is 1. The first kappa shape index (κ1) is 20.8. The molecule has 2 aromatic rings. The second-order valence-electron chi connectivity index (χ2n) is 7.49. The minimum atomic E-state index is -0.558. The van der Waals surface area contributed by atoms with Crippen LogP contribution in [-0.4, -0.2) is 55.1 Å². The van der Waals surface area contributed by atoms with E-state index in [1.165, 1.54) is 41.3 Å². The van der Waals surface area contributed by atoms with Crippen molar-refractivity contribution in [3.8, 4) is 11.5 Å². The molecule has 0 atom stereocenters. The molecule has 2 aromatic carbocycles. The summed E-state index contributed by atoms with van der Waals surface area (Å²) in [5.74, 6) is -0.925. The number of rotatable bonds is 5. The fraction of sp³-hybridized carbons (Fsp3) is 0.318. The van der Waals surface area contributed by atoms with Gasteiger partial charge in [-0.25, -0.2) is 4.39 Å². The zero-order valence-corrected chi connectivity index (χ0v) is 17.0. The topological polar surface area (TPSA) is 77.3 Å². The second-order valence-corrected chi connectivity index (χ2v) is 7.89. The minimum Gasteiger partial charge on any atom is -0.872 e. The molecule has 1 fully saturated rings. The SMILES string of the molecule is O=C1/C(=C/c2c(F)cccc2Cl)Oc2c1ccc([O-])c2C[NH+]1CCN(CCO)CC1. The summed E-state index contributed by atoms with van der Waals surface area (Å²) in [5.41, 5.74) is 0.834. The average molecular weight is 433 g/mol. The van der Waals surface area contributed by atoms with Crippen molar-refractivity contribution in [1.29, 1.82) is 0 Å². The summed E-state index contributed by atoms with van der Waals surface area (Å²) in [6.07, 6.45) is 1.29. The highest BCUT2D eigenvalue weighted by atomic mass is 35.5. The summed E-state index contributed by atoms with van der Waals surface area (Å²) in [5, 5.41) is 21.8. The molecule has 0 spiro atoms. The van der Waals surface area contributed by atoms with E-state index in [-0.39, 0.29) is 34.5 Å². The lowest BCUT2D eigenvalue weighted by Gasteiger charge is -2.32. The predicted molar refractivity (Wildman–Crippen MR) is 108 cm³/mol. The number of quaternary nitrogens is 1. The number of carbonyl (C=O) groups excluding carboxylic acids is 1. The number of ketones is 1. The van der Waals surface area contributed by atoms with Gasteiger partial charge in [-0.1, -0.05) is 29.5 Å². The summed E-state index contributed by atoms with van der Waals surface area (Å²) in [7, 11) is 0. The average Bonchev–Trinajstić information content (AvgIpc) is 3.04. The van der Waals surface area contributed by atoms with Crippen LogP contribution in [-0.2, 0) is 6.54 Å². The van der Waals surface area contributed by atoms with Gasteiger partial charge in [0.25, 0.3) is 0 Å². The Labute approximate surface area is 178 Å². The lowest BCUT2D eigenvalue weighted by molar-refractivity contribution is -0.918. The summed E-state index contributed by atoms with van der Waals surface area (Å²) in [4.78, 5) is 16.2. The van der Waals surface area contributed by atoms with E-state index in [1.54, 1.807) is 0 Å². The molecule has 0 saturated carbocycles. The number of ether oxygens (including phenoxy) is 1. The van der Waals surface area contributed by atoms with Crippen molar-refractivity contribution >= 4 is 23.5 Å². The van der Waals surface area contributed by atoms with Crippen molar-refractivity contribution in [2.45, 2.75) is 6.54 Å². The van der Waals surface area contributed by atoms with Crippen LogP contribution in [0.1, 0.15) is 21.5 Å². The number of nitrogens with zero attached hydrogens (tertiary/aromatic N) is 1. The van der Waals surface area contributed by atoms with Crippen molar-refractivity contribution < 1.29 is 29.0 Å². The number of carbonyl (C=O) groups is 1. The molecule has 8 heteroatoms. The van der Waals surface area contributed by atoms with E-state index in [0.29, 0.717) is 24.2 Å². The van der Waals surface area contributed by atoms with Crippen LogP contribution in [0.5, 0.6) is 11.5 Å². The quantitative estimate of drug-likeness (QED) is 0.685. The zero-order chi connectivity index (χ0) is 21.3. The summed E-state index contributed by atoms with van der Waals surface area (Å²) >= 11 is 6.06. The van der Waals surface area contributed by atoms with E-state index in [9.17, 15) is 14.3 Å². The number of nitrogens with one attached hydrogen (secondary N) is 1. The fourth-order valence-corrected chi connectivity index (χ4v) is 4.11. The van der Waals surface area contributed by atoms with Gasteiger partial charge in [0.15, 0.2) is 5.76 Å². The summed E-state index contributed by atoms with van der Waals surface area (Å²) in [6.45, 7) is 4.52. The smallest absolute Gasteiger partial charge is 0.231 e. The van der Waals surface area contributed by atoms with E-state index in [0.717, 1.165) is 26.2 Å². The normalized spacial score (nSPS) is 18.6. The van der Waals surface area contributed by atoms with Crippen molar-refractivity contribution in [3.63, 3.8) is 0 Å². The number of piperazine rings is 1. The van der Waals surface area contributed by atoms with Gasteiger partial charge in [-0.3, -0.25) is 9.69 Å². The van der Waals surface area contributed by atoms with Gasteiger partial charge in [0.2, 0.25) is 5.78 Å². The van der Waals surface area contributed by atoms with Crippen LogP contribution in [0.25, 0.3) is 6.08 Å². The molecule has 0 unspecified atom stereocenters. The Morgan fingerprint density at radius 1 is 1.27 bits per heavy atom. The van der Waals surface area contributed by atoms with Gasteiger partial charge in [0.1, 0.15) is 18.1 Å². The van der Waals surface area contributed by atoms with Crippen LogP contribution >= 0.6 is 11.6 Å². The lowest BCUT2D eigenvalue weighted by Crippen LogP contribution is -3.13. The number of Topliss-reactive ketones (excluding diaryl/α,β-unsaturated/α-hetero) is 1. The molecular formula is C22H22ClFN2O4. The van der Waals surface area contributed by atoms with Crippen LogP contribution in [0.2, 0.25) is 5.02 Å². The molecule has 6 nitrogen and oxygen atoms in total. The molecule has 0 aromatic heterocycles. The first-order valence-electron chi connectivity index (χ1n) is 9.86. The van der Waals surface area contributed by atoms with Gasteiger partial charge in [-0.2, -0.15) is 0 Å². The largest absolute Gasteiger partial charge is 0.872 e. The molecule has 2 N–H and O–H groups in total. The molecule has 0 bridgehead atoms. The Morgan fingerprint density at radius 3 is 2.73 bits per heavy atom. The standard InChI is InChI=1S/C22H22ClFN2O4/c23-17-2-1-3-18(24)15(17)12-20-21(29)14-4-5-19(28)16(22(14)30-20)13-26-8-6-25(7-9-26)10-11-27/h1-5,12,27-28H,6-11,13H2/b20-12-. The third-order valence-corrected chi connectivity index (χ3v) is 5.91. The molecule has 2 aliphatic heterocycles. The molecule has 2 heterocycles. The number of β-amino-alcohol motifs (C(OH)–C–C–N with tert-alkyl or cyclic N) is 1. The highest BCUT2D eigenvalue weighted by molar-refractivity contribution is 6.32. The molecule has 30 heavy (non-hydrogen) atoms. The number of hydrogen-bond donors (Lipinski definition) is 2. The summed E-state index contributed by atoms with van der Waals surface area (Å²) in [6, 6.07) is 7.12. The van der Waals surface area contributed by atoms with Gasteiger partial charge in [-0.15, -0.1) is 0 Å². The van der Waals surface area contributed by atoms with Gasteiger partial charge in [0, 0.05) is 30.8 Å². The van der Waals surface area contributed by atoms with Crippen molar-refractivity contribution in [2.24, 2.45) is 0 Å². The third-order valence-electron chi connectivity index (χ3n) is 5.58. The summed E-state index contributed by atoms with van der Waals surface area (Å²) < 4.78 is 19.9.